The van der Waals surface area contributed by atoms with Crippen molar-refractivity contribution >= 4 is 55.6 Å². The molecule has 3 rings (SSSR count). The minimum absolute atomic E-state index is 0.0651. The van der Waals surface area contributed by atoms with Gasteiger partial charge in [0.15, 0.2) is 0 Å². The number of amides is 2. The summed E-state index contributed by atoms with van der Waals surface area (Å²) in [5.74, 6) is -0.223. The van der Waals surface area contributed by atoms with Crippen LogP contribution in [-0.2, 0) is 10.0 Å². The number of carbonyl (C=O) groups excluding carboxylic acids is 1. The third kappa shape index (κ3) is 5.15. The molecular weight excluding hydrogens is 496 g/mol. The molecule has 0 unspecified atom stereocenters. The number of sulfonamides is 1. The minimum Gasteiger partial charge on any atom is -0.292 e. The molecular formula is C19H14BrClN4O4S. The van der Waals surface area contributed by atoms with Crippen LogP contribution in [0.3, 0.4) is 0 Å². The molecule has 0 aliphatic rings. The van der Waals surface area contributed by atoms with Crippen molar-refractivity contribution in [3.8, 4) is 11.3 Å². The maximum atomic E-state index is 12.5. The summed E-state index contributed by atoms with van der Waals surface area (Å²) in [5, 5.41) is 2.14. The molecule has 0 bridgehead atoms. The maximum absolute atomic E-state index is 12.5. The molecule has 0 fully saturated rings. The Labute approximate surface area is 185 Å². The van der Waals surface area contributed by atoms with Crippen LogP contribution in [0.5, 0.6) is 0 Å². The number of benzene rings is 2. The molecule has 3 aromatic rings. The van der Waals surface area contributed by atoms with Crippen LogP contribution in [0.2, 0.25) is 5.02 Å². The molecule has 0 radical (unpaired) electrons. The van der Waals surface area contributed by atoms with Crippen LogP contribution in [0.4, 0.5) is 10.7 Å². The Morgan fingerprint density at radius 3 is 2.53 bits per heavy atom. The van der Waals surface area contributed by atoms with E-state index in [1.165, 1.54) is 24.3 Å². The predicted molar refractivity (Wildman–Crippen MR) is 119 cm³/mol. The second kappa shape index (κ2) is 8.82. The van der Waals surface area contributed by atoms with E-state index in [1.807, 2.05) is 4.72 Å². The highest BCUT2D eigenvalue weighted by molar-refractivity contribution is 9.10. The van der Waals surface area contributed by atoms with E-state index in [0.717, 1.165) is 4.47 Å². The number of nitrogens with zero attached hydrogens (tertiary/aromatic N) is 1. The molecule has 2 amide bonds. The number of hydrogen-bond acceptors (Lipinski definition) is 5. The molecule has 2 aromatic carbocycles. The van der Waals surface area contributed by atoms with Gasteiger partial charge in [-0.3, -0.25) is 15.1 Å². The number of aromatic nitrogens is 2. The van der Waals surface area contributed by atoms with Gasteiger partial charge in [0.05, 0.1) is 10.7 Å². The Kier molecular flexibility index (Phi) is 6.40. The van der Waals surface area contributed by atoms with Crippen LogP contribution in [0, 0.1) is 0 Å². The van der Waals surface area contributed by atoms with Gasteiger partial charge >= 0.3 is 6.03 Å². The van der Waals surface area contributed by atoms with Gasteiger partial charge in [0.1, 0.15) is 4.90 Å². The first kappa shape index (κ1) is 21.8. The van der Waals surface area contributed by atoms with E-state index in [4.69, 9.17) is 11.6 Å². The smallest absolute Gasteiger partial charge is 0.292 e. The lowest BCUT2D eigenvalue weighted by Gasteiger charge is -2.10. The molecule has 0 saturated heterocycles. The molecule has 154 valence electrons. The zero-order valence-electron chi connectivity index (χ0n) is 15.1. The second-order valence-electron chi connectivity index (χ2n) is 5.94. The Balaban J connectivity index is 1.83. The van der Waals surface area contributed by atoms with Crippen LogP contribution in [0.25, 0.3) is 17.3 Å². The summed E-state index contributed by atoms with van der Waals surface area (Å²) in [4.78, 5) is 30.4. The Bertz CT molecular complexity index is 1290. The molecule has 0 aliphatic carbocycles. The van der Waals surface area contributed by atoms with Crippen LogP contribution in [0.1, 0.15) is 5.56 Å². The van der Waals surface area contributed by atoms with Gasteiger partial charge in [-0.25, -0.2) is 22.9 Å². The van der Waals surface area contributed by atoms with E-state index >= 15 is 0 Å². The van der Waals surface area contributed by atoms with Crippen LogP contribution in [-0.4, -0.2) is 24.4 Å². The number of urea groups is 1. The van der Waals surface area contributed by atoms with Crippen LogP contribution in [0.15, 0.2) is 69.3 Å². The van der Waals surface area contributed by atoms with Crippen LogP contribution < -0.4 is 15.6 Å². The number of anilines is 1. The van der Waals surface area contributed by atoms with E-state index in [2.05, 4.69) is 37.8 Å². The molecule has 8 nitrogen and oxygen atoms in total. The quantitative estimate of drug-likeness (QED) is 0.480. The van der Waals surface area contributed by atoms with Gasteiger partial charge in [-0.2, -0.15) is 0 Å². The predicted octanol–water partition coefficient (Wildman–Crippen LogP) is 4.01. The highest BCUT2D eigenvalue weighted by Crippen LogP contribution is 2.23. The number of halogens is 2. The van der Waals surface area contributed by atoms with E-state index in [-0.39, 0.29) is 15.9 Å². The highest BCUT2D eigenvalue weighted by atomic mass is 79.9. The standard InChI is InChI=1S/C19H14BrClN4O4S/c1-2-11-3-8-14(21)16(9-11)30(28,29)25-19(27)24-18-22-15(10-17(26)23-18)12-4-6-13(20)7-5-12/h2-10H,1H2,(H3,22,23,24,25,26,27). The normalized spacial score (nSPS) is 11.0. The first-order valence-electron chi connectivity index (χ1n) is 8.31. The fraction of sp³-hybridized carbons (Fsp3) is 0. The van der Waals surface area contributed by atoms with Crippen molar-refractivity contribution in [3.05, 3.63) is 80.5 Å². The molecule has 11 heteroatoms. The fourth-order valence-electron chi connectivity index (χ4n) is 2.45. The zero-order valence-corrected chi connectivity index (χ0v) is 18.3. The lowest BCUT2D eigenvalue weighted by molar-refractivity contribution is 0.256. The number of rotatable bonds is 5. The number of carbonyl (C=O) groups is 1. The number of nitrogens with one attached hydrogen (secondary N) is 3. The average Bonchev–Trinajstić information content (AvgIpc) is 2.67. The topological polar surface area (TPSA) is 121 Å². The number of aromatic amines is 1. The van der Waals surface area contributed by atoms with E-state index in [1.54, 1.807) is 30.3 Å². The van der Waals surface area contributed by atoms with Crippen molar-refractivity contribution in [3.63, 3.8) is 0 Å². The Morgan fingerprint density at radius 2 is 1.87 bits per heavy atom. The van der Waals surface area contributed by atoms with E-state index < -0.39 is 21.6 Å². The van der Waals surface area contributed by atoms with Crippen molar-refractivity contribution in [1.29, 1.82) is 0 Å². The fourth-order valence-corrected chi connectivity index (χ4v) is 4.16. The number of hydrogen-bond donors (Lipinski definition) is 3. The van der Waals surface area contributed by atoms with Crippen molar-refractivity contribution in [1.82, 2.24) is 14.7 Å². The van der Waals surface area contributed by atoms with Gasteiger partial charge in [-0.15, -0.1) is 0 Å². The molecule has 0 spiro atoms. The second-order valence-corrected chi connectivity index (χ2v) is 8.91. The van der Waals surface area contributed by atoms with E-state index in [0.29, 0.717) is 16.8 Å². The summed E-state index contributed by atoms with van der Waals surface area (Å²) in [6.07, 6.45) is 1.44. The third-order valence-corrected chi connectivity index (χ3v) is 6.16. The van der Waals surface area contributed by atoms with Crippen molar-refractivity contribution in [2.24, 2.45) is 0 Å². The van der Waals surface area contributed by atoms with Crippen molar-refractivity contribution < 1.29 is 13.2 Å². The first-order valence-corrected chi connectivity index (χ1v) is 11.0. The van der Waals surface area contributed by atoms with E-state index in [9.17, 15) is 18.0 Å². The van der Waals surface area contributed by atoms with Crippen molar-refractivity contribution in [2.45, 2.75) is 4.90 Å². The molecule has 30 heavy (non-hydrogen) atoms. The van der Waals surface area contributed by atoms with Crippen LogP contribution >= 0.6 is 27.5 Å². The first-order chi connectivity index (χ1) is 14.2. The molecule has 0 aliphatic heterocycles. The summed E-state index contributed by atoms with van der Waals surface area (Å²) in [6, 6.07) is 11.4. The van der Waals surface area contributed by atoms with Gasteiger partial charge in [-0.1, -0.05) is 58.4 Å². The minimum atomic E-state index is -4.29. The van der Waals surface area contributed by atoms with Gasteiger partial charge < -0.3 is 0 Å². The summed E-state index contributed by atoms with van der Waals surface area (Å²) >= 11 is 9.27. The number of H-pyrrole nitrogens is 1. The Hall–Kier alpha value is -2.95. The van der Waals surface area contributed by atoms with Gasteiger partial charge in [0.25, 0.3) is 15.6 Å². The summed E-state index contributed by atoms with van der Waals surface area (Å²) in [5.41, 5.74) is 0.913. The summed E-state index contributed by atoms with van der Waals surface area (Å²) < 4.78 is 27.7. The molecule has 3 N–H and O–H groups in total. The lowest BCUT2D eigenvalue weighted by atomic mass is 10.1. The van der Waals surface area contributed by atoms with Gasteiger partial charge in [0, 0.05) is 16.1 Å². The van der Waals surface area contributed by atoms with Crippen molar-refractivity contribution in [2.75, 3.05) is 5.32 Å². The lowest BCUT2D eigenvalue weighted by Crippen LogP contribution is -2.35. The average molecular weight is 510 g/mol. The molecule has 1 heterocycles. The molecule has 0 saturated carbocycles. The molecule has 1 aromatic heterocycles. The SMILES string of the molecule is C=Cc1ccc(Cl)c(S(=O)(=O)NC(=O)Nc2nc(-c3ccc(Br)cc3)cc(=O)[nH]2)c1. The third-order valence-electron chi connectivity index (χ3n) is 3.82. The maximum Gasteiger partial charge on any atom is 0.335 e. The summed E-state index contributed by atoms with van der Waals surface area (Å²) in [7, 11) is -4.29. The largest absolute Gasteiger partial charge is 0.335 e. The monoisotopic (exact) mass is 508 g/mol. The van der Waals surface area contributed by atoms with Gasteiger partial charge in [0.2, 0.25) is 5.95 Å². The van der Waals surface area contributed by atoms with Gasteiger partial charge in [-0.05, 0) is 29.8 Å². The zero-order chi connectivity index (χ0) is 21.9. The Morgan fingerprint density at radius 1 is 1.17 bits per heavy atom. The highest BCUT2D eigenvalue weighted by Gasteiger charge is 2.21. The molecule has 0 atom stereocenters. The summed E-state index contributed by atoms with van der Waals surface area (Å²) in [6.45, 7) is 3.56.